The van der Waals surface area contributed by atoms with Gasteiger partial charge in [-0.1, -0.05) is 19.9 Å². The number of aliphatic hydroxyl groups is 1. The maximum absolute atomic E-state index is 13.2. The molecule has 0 amide bonds. The Bertz CT molecular complexity index is 409. The second kappa shape index (κ2) is 4.41. The molecule has 0 heterocycles. The summed E-state index contributed by atoms with van der Waals surface area (Å²) >= 11 is 0. The van der Waals surface area contributed by atoms with Crippen molar-refractivity contribution in [2.45, 2.75) is 51.6 Å². The standard InChI is InChI=1S/C15H21FO/c1-10(2)8-14-13-5-4-12(16)9-11(13)6-7-15(14,3)17/h4-5,9-10,14,17H,6-8H2,1-3H3/t14-,15?/m0/s1. The van der Waals surface area contributed by atoms with Crippen molar-refractivity contribution in [2.24, 2.45) is 5.92 Å². The first-order valence-electron chi connectivity index (χ1n) is 6.41. The zero-order valence-electron chi connectivity index (χ0n) is 10.8. The molecule has 0 fully saturated rings. The topological polar surface area (TPSA) is 20.2 Å². The molecule has 1 nitrogen and oxygen atoms in total. The number of halogens is 1. The molecule has 0 spiro atoms. The van der Waals surface area contributed by atoms with Gasteiger partial charge in [0.05, 0.1) is 5.60 Å². The van der Waals surface area contributed by atoms with Crippen LogP contribution in [0.5, 0.6) is 0 Å². The van der Waals surface area contributed by atoms with Gasteiger partial charge in [0.25, 0.3) is 0 Å². The lowest BCUT2D eigenvalue weighted by Crippen LogP contribution is -2.38. The first-order valence-corrected chi connectivity index (χ1v) is 6.41. The highest BCUT2D eigenvalue weighted by Crippen LogP contribution is 2.42. The molecule has 0 bridgehead atoms. The van der Waals surface area contributed by atoms with E-state index in [1.54, 1.807) is 6.07 Å². The van der Waals surface area contributed by atoms with Crippen LogP contribution in [0.25, 0.3) is 0 Å². The Morgan fingerprint density at radius 1 is 1.47 bits per heavy atom. The third-order valence-electron chi connectivity index (χ3n) is 3.84. The van der Waals surface area contributed by atoms with Gasteiger partial charge in [-0.05, 0) is 55.4 Å². The number of fused-ring (bicyclic) bond motifs is 1. The van der Waals surface area contributed by atoms with E-state index in [-0.39, 0.29) is 11.7 Å². The minimum Gasteiger partial charge on any atom is -0.390 e. The van der Waals surface area contributed by atoms with Crippen LogP contribution in [-0.2, 0) is 6.42 Å². The van der Waals surface area contributed by atoms with Gasteiger partial charge in [0.2, 0.25) is 0 Å². The summed E-state index contributed by atoms with van der Waals surface area (Å²) in [7, 11) is 0. The monoisotopic (exact) mass is 236 g/mol. The average molecular weight is 236 g/mol. The maximum Gasteiger partial charge on any atom is 0.123 e. The molecule has 0 saturated heterocycles. The Hall–Kier alpha value is -0.890. The summed E-state index contributed by atoms with van der Waals surface area (Å²) in [5.41, 5.74) is 1.55. The fourth-order valence-corrected chi connectivity index (χ4v) is 2.88. The van der Waals surface area contributed by atoms with Crippen LogP contribution in [0.15, 0.2) is 18.2 Å². The Morgan fingerprint density at radius 3 is 2.82 bits per heavy atom. The lowest BCUT2D eigenvalue weighted by atomic mass is 9.70. The molecule has 2 heteroatoms. The molecule has 2 rings (SSSR count). The van der Waals surface area contributed by atoms with E-state index < -0.39 is 5.60 Å². The van der Waals surface area contributed by atoms with Gasteiger partial charge in [-0.2, -0.15) is 0 Å². The Morgan fingerprint density at radius 2 is 2.18 bits per heavy atom. The van der Waals surface area contributed by atoms with Crippen molar-refractivity contribution in [1.82, 2.24) is 0 Å². The van der Waals surface area contributed by atoms with Gasteiger partial charge in [0, 0.05) is 5.92 Å². The second-order valence-corrected chi connectivity index (χ2v) is 5.88. The van der Waals surface area contributed by atoms with Gasteiger partial charge in [-0.3, -0.25) is 0 Å². The molecule has 0 saturated carbocycles. The van der Waals surface area contributed by atoms with Crippen molar-refractivity contribution >= 4 is 0 Å². The van der Waals surface area contributed by atoms with Gasteiger partial charge < -0.3 is 5.11 Å². The zero-order chi connectivity index (χ0) is 12.6. The summed E-state index contributed by atoms with van der Waals surface area (Å²) < 4.78 is 13.2. The van der Waals surface area contributed by atoms with E-state index in [1.807, 2.05) is 13.0 Å². The highest BCUT2D eigenvalue weighted by molar-refractivity contribution is 5.36. The molecular weight excluding hydrogens is 215 g/mol. The number of hydrogen-bond donors (Lipinski definition) is 1. The third-order valence-corrected chi connectivity index (χ3v) is 3.84. The summed E-state index contributed by atoms with van der Waals surface area (Å²) in [4.78, 5) is 0. The van der Waals surface area contributed by atoms with Crippen molar-refractivity contribution in [3.8, 4) is 0 Å². The summed E-state index contributed by atoms with van der Waals surface area (Å²) in [6.45, 7) is 6.23. The van der Waals surface area contributed by atoms with E-state index in [9.17, 15) is 9.50 Å². The number of rotatable bonds is 2. The first kappa shape index (κ1) is 12.6. The quantitative estimate of drug-likeness (QED) is 0.831. The Kier molecular flexibility index (Phi) is 3.26. The van der Waals surface area contributed by atoms with E-state index >= 15 is 0 Å². The van der Waals surface area contributed by atoms with Gasteiger partial charge in [-0.15, -0.1) is 0 Å². The molecule has 94 valence electrons. The second-order valence-electron chi connectivity index (χ2n) is 5.88. The van der Waals surface area contributed by atoms with Gasteiger partial charge in [-0.25, -0.2) is 4.39 Å². The number of benzene rings is 1. The predicted octanol–water partition coefficient (Wildman–Crippen LogP) is 3.65. The molecule has 1 aliphatic carbocycles. The summed E-state index contributed by atoms with van der Waals surface area (Å²) in [5.74, 6) is 0.489. The lowest BCUT2D eigenvalue weighted by Gasteiger charge is -2.39. The molecule has 1 aromatic carbocycles. The van der Waals surface area contributed by atoms with E-state index in [0.29, 0.717) is 5.92 Å². The fraction of sp³-hybridized carbons (Fsp3) is 0.600. The minimum absolute atomic E-state index is 0.131. The molecule has 1 aromatic rings. The van der Waals surface area contributed by atoms with Crippen LogP contribution in [0.4, 0.5) is 4.39 Å². The fourth-order valence-electron chi connectivity index (χ4n) is 2.88. The van der Waals surface area contributed by atoms with E-state index in [4.69, 9.17) is 0 Å². The Labute approximate surface area is 103 Å². The number of aryl methyl sites for hydroxylation is 1. The maximum atomic E-state index is 13.2. The largest absolute Gasteiger partial charge is 0.390 e. The van der Waals surface area contributed by atoms with Crippen LogP contribution in [0.1, 0.15) is 50.7 Å². The van der Waals surface area contributed by atoms with Gasteiger partial charge in [0.15, 0.2) is 0 Å². The number of hydrogen-bond acceptors (Lipinski definition) is 1. The molecule has 2 atom stereocenters. The van der Waals surface area contributed by atoms with Crippen molar-refractivity contribution in [3.05, 3.63) is 35.1 Å². The van der Waals surface area contributed by atoms with Gasteiger partial charge >= 0.3 is 0 Å². The van der Waals surface area contributed by atoms with Crippen LogP contribution in [0.3, 0.4) is 0 Å². The van der Waals surface area contributed by atoms with Crippen LogP contribution in [-0.4, -0.2) is 10.7 Å². The zero-order valence-corrected chi connectivity index (χ0v) is 10.8. The molecule has 0 aliphatic heterocycles. The highest BCUT2D eigenvalue weighted by Gasteiger charge is 2.37. The van der Waals surface area contributed by atoms with E-state index in [1.165, 1.54) is 6.07 Å². The minimum atomic E-state index is -0.658. The van der Waals surface area contributed by atoms with Crippen LogP contribution >= 0.6 is 0 Å². The van der Waals surface area contributed by atoms with Gasteiger partial charge in [0.1, 0.15) is 5.82 Å². The normalized spacial score (nSPS) is 28.2. The third kappa shape index (κ3) is 2.52. The summed E-state index contributed by atoms with van der Waals surface area (Å²) in [6.07, 6.45) is 2.45. The highest BCUT2D eigenvalue weighted by atomic mass is 19.1. The van der Waals surface area contributed by atoms with E-state index in [2.05, 4.69) is 13.8 Å². The van der Waals surface area contributed by atoms with Crippen LogP contribution in [0, 0.1) is 11.7 Å². The predicted molar refractivity (Wildman–Crippen MR) is 67.5 cm³/mol. The van der Waals surface area contributed by atoms with Crippen molar-refractivity contribution in [2.75, 3.05) is 0 Å². The van der Waals surface area contributed by atoms with Crippen molar-refractivity contribution < 1.29 is 9.50 Å². The smallest absolute Gasteiger partial charge is 0.123 e. The molecule has 0 radical (unpaired) electrons. The van der Waals surface area contributed by atoms with Crippen molar-refractivity contribution in [1.29, 1.82) is 0 Å². The van der Waals surface area contributed by atoms with E-state index in [0.717, 1.165) is 30.4 Å². The molecule has 0 aromatic heterocycles. The SMILES string of the molecule is CC(C)C[C@H]1c2ccc(F)cc2CCC1(C)O. The summed E-state index contributed by atoms with van der Waals surface area (Å²) in [5, 5.41) is 10.5. The average Bonchev–Trinajstić information content (AvgIpc) is 2.22. The molecular formula is C15H21FO. The summed E-state index contributed by atoms with van der Waals surface area (Å²) in [6, 6.07) is 4.98. The Balaban J connectivity index is 2.40. The molecule has 1 N–H and O–H groups in total. The molecule has 1 unspecified atom stereocenters. The van der Waals surface area contributed by atoms with Crippen LogP contribution < -0.4 is 0 Å². The lowest BCUT2D eigenvalue weighted by molar-refractivity contribution is 0.00882. The molecule has 17 heavy (non-hydrogen) atoms. The molecule has 1 aliphatic rings. The van der Waals surface area contributed by atoms with Crippen molar-refractivity contribution in [3.63, 3.8) is 0 Å². The first-order chi connectivity index (χ1) is 7.90. The van der Waals surface area contributed by atoms with Crippen LogP contribution in [0.2, 0.25) is 0 Å².